The summed E-state index contributed by atoms with van der Waals surface area (Å²) < 4.78 is 12.8. The minimum Gasteiger partial charge on any atom is -0.494 e. The number of hydrogen-bond donors (Lipinski definition) is 0. The molecule has 0 fully saturated rings. The first kappa shape index (κ1) is 16.0. The minimum absolute atomic E-state index is 0.593. The number of rotatable bonds is 5. The van der Waals surface area contributed by atoms with Crippen molar-refractivity contribution in [3.05, 3.63) is 50.9 Å². The molecule has 0 aromatic heterocycles. The van der Waals surface area contributed by atoms with E-state index in [-0.39, 0.29) is 0 Å². The van der Waals surface area contributed by atoms with Crippen molar-refractivity contribution in [3.63, 3.8) is 0 Å². The quantitative estimate of drug-likeness (QED) is 0.618. The minimum atomic E-state index is 0.593. The van der Waals surface area contributed by atoms with Crippen LogP contribution in [-0.2, 0) is 0 Å². The van der Waals surface area contributed by atoms with Gasteiger partial charge in [0.2, 0.25) is 0 Å². The molecular formula is C16H15Br2NO2. The van der Waals surface area contributed by atoms with E-state index in [1.165, 1.54) is 0 Å². The largest absolute Gasteiger partial charge is 0.494 e. The van der Waals surface area contributed by atoms with Crippen LogP contribution < -0.4 is 9.47 Å². The molecule has 21 heavy (non-hydrogen) atoms. The number of hydrogen-bond acceptors (Lipinski definition) is 3. The lowest BCUT2D eigenvalue weighted by Gasteiger charge is -2.10. The van der Waals surface area contributed by atoms with Crippen LogP contribution in [0.5, 0.6) is 11.5 Å². The van der Waals surface area contributed by atoms with Gasteiger partial charge in [0.05, 0.1) is 18.2 Å². The molecule has 0 bridgehead atoms. The van der Waals surface area contributed by atoms with Gasteiger partial charge >= 0.3 is 0 Å². The fraction of sp³-hybridized carbons (Fsp3) is 0.188. The molecule has 0 aliphatic rings. The summed E-state index contributed by atoms with van der Waals surface area (Å²) in [5, 5.41) is 0. The first-order valence-corrected chi connectivity index (χ1v) is 8.03. The summed E-state index contributed by atoms with van der Waals surface area (Å²) in [6, 6.07) is 11.5. The summed E-state index contributed by atoms with van der Waals surface area (Å²) in [5.74, 6) is 1.51. The predicted molar refractivity (Wildman–Crippen MR) is 93.3 cm³/mol. The van der Waals surface area contributed by atoms with E-state index in [0.29, 0.717) is 6.61 Å². The molecule has 0 saturated carbocycles. The summed E-state index contributed by atoms with van der Waals surface area (Å²) in [4.78, 5) is 4.50. The normalized spacial score (nSPS) is 10.9. The van der Waals surface area contributed by atoms with Crippen molar-refractivity contribution in [1.82, 2.24) is 0 Å². The van der Waals surface area contributed by atoms with Crippen molar-refractivity contribution in [3.8, 4) is 11.5 Å². The van der Waals surface area contributed by atoms with Crippen molar-refractivity contribution in [2.24, 2.45) is 4.99 Å². The van der Waals surface area contributed by atoms with Crippen LogP contribution in [0.25, 0.3) is 0 Å². The topological polar surface area (TPSA) is 30.8 Å². The Morgan fingerprint density at radius 2 is 1.95 bits per heavy atom. The third kappa shape index (κ3) is 4.08. The molecule has 0 heterocycles. The standard InChI is InChI=1S/C16H15Br2NO2/c1-3-21-16-11(8-12(17)9-13(16)18)10-19-14-6-4-5-7-15(14)20-2/h4-10H,3H2,1-2H3. The number of methoxy groups -OCH3 is 1. The van der Waals surface area contributed by atoms with E-state index in [9.17, 15) is 0 Å². The maximum Gasteiger partial charge on any atom is 0.144 e. The Morgan fingerprint density at radius 1 is 1.19 bits per heavy atom. The second kappa shape index (κ2) is 7.61. The zero-order valence-corrected chi connectivity index (χ0v) is 14.9. The average molecular weight is 413 g/mol. The van der Waals surface area contributed by atoms with E-state index in [1.54, 1.807) is 13.3 Å². The summed E-state index contributed by atoms with van der Waals surface area (Å²) in [7, 11) is 1.63. The Labute approximate surface area is 141 Å². The van der Waals surface area contributed by atoms with Crippen molar-refractivity contribution in [2.75, 3.05) is 13.7 Å². The summed E-state index contributed by atoms with van der Waals surface area (Å²) >= 11 is 6.99. The third-order valence-electron chi connectivity index (χ3n) is 2.75. The molecule has 0 spiro atoms. The molecule has 0 radical (unpaired) electrons. The van der Waals surface area contributed by atoms with Gasteiger partial charge in [0.1, 0.15) is 17.2 Å². The molecule has 2 rings (SSSR count). The van der Waals surface area contributed by atoms with Crippen LogP contribution in [0.15, 0.2) is 50.3 Å². The SMILES string of the molecule is CCOc1c(Br)cc(Br)cc1C=Nc1ccccc1OC. The van der Waals surface area contributed by atoms with E-state index in [0.717, 1.165) is 31.7 Å². The zero-order chi connectivity index (χ0) is 15.2. The number of ether oxygens (including phenoxy) is 2. The van der Waals surface area contributed by atoms with Crippen LogP contribution in [-0.4, -0.2) is 19.9 Å². The van der Waals surface area contributed by atoms with Gasteiger partial charge < -0.3 is 9.47 Å². The fourth-order valence-electron chi connectivity index (χ4n) is 1.85. The zero-order valence-electron chi connectivity index (χ0n) is 11.8. The van der Waals surface area contributed by atoms with Crippen LogP contribution in [0.3, 0.4) is 0 Å². The van der Waals surface area contributed by atoms with Gasteiger partial charge in [0, 0.05) is 16.3 Å². The van der Waals surface area contributed by atoms with Gasteiger partial charge in [0.25, 0.3) is 0 Å². The first-order chi connectivity index (χ1) is 10.2. The first-order valence-electron chi connectivity index (χ1n) is 6.44. The molecule has 2 aromatic rings. The molecule has 0 saturated heterocycles. The smallest absolute Gasteiger partial charge is 0.144 e. The lowest BCUT2D eigenvalue weighted by molar-refractivity contribution is 0.337. The molecule has 0 N–H and O–H groups in total. The van der Waals surface area contributed by atoms with Crippen LogP contribution in [0, 0.1) is 0 Å². The van der Waals surface area contributed by atoms with Gasteiger partial charge in [-0.3, -0.25) is 4.99 Å². The van der Waals surface area contributed by atoms with Gasteiger partial charge in [-0.25, -0.2) is 0 Å². The lowest BCUT2D eigenvalue weighted by atomic mass is 10.2. The maximum absolute atomic E-state index is 5.68. The molecule has 0 unspecified atom stereocenters. The van der Waals surface area contributed by atoms with E-state index in [2.05, 4.69) is 36.9 Å². The Kier molecular flexibility index (Phi) is 5.82. The Morgan fingerprint density at radius 3 is 2.67 bits per heavy atom. The predicted octanol–water partition coefficient (Wildman–Crippen LogP) is 5.37. The second-order valence-corrected chi connectivity index (χ2v) is 5.94. The van der Waals surface area contributed by atoms with Crippen LogP contribution in [0.4, 0.5) is 5.69 Å². The lowest BCUT2D eigenvalue weighted by Crippen LogP contribution is -1.97. The van der Waals surface area contributed by atoms with E-state index in [1.807, 2.05) is 43.3 Å². The van der Waals surface area contributed by atoms with Crippen LogP contribution >= 0.6 is 31.9 Å². The van der Waals surface area contributed by atoms with Gasteiger partial charge in [-0.2, -0.15) is 0 Å². The van der Waals surface area contributed by atoms with Crippen LogP contribution in [0.2, 0.25) is 0 Å². The number of aliphatic imine (C=N–C) groups is 1. The highest BCUT2D eigenvalue weighted by Gasteiger charge is 2.08. The van der Waals surface area contributed by atoms with Gasteiger partial charge in [-0.15, -0.1) is 0 Å². The Bertz CT molecular complexity index is 657. The molecule has 110 valence electrons. The molecular weight excluding hydrogens is 398 g/mol. The van der Waals surface area contributed by atoms with Crippen LogP contribution in [0.1, 0.15) is 12.5 Å². The summed E-state index contributed by atoms with van der Waals surface area (Å²) in [6.07, 6.45) is 1.78. The van der Waals surface area contributed by atoms with Gasteiger partial charge in [-0.05, 0) is 47.1 Å². The maximum atomic E-state index is 5.68. The molecule has 0 amide bonds. The molecule has 0 atom stereocenters. The number of nitrogens with zero attached hydrogens (tertiary/aromatic N) is 1. The molecule has 2 aromatic carbocycles. The van der Waals surface area contributed by atoms with Gasteiger partial charge in [-0.1, -0.05) is 28.1 Å². The van der Waals surface area contributed by atoms with E-state index in [4.69, 9.17) is 9.47 Å². The average Bonchev–Trinajstić information content (AvgIpc) is 2.48. The molecule has 5 heteroatoms. The van der Waals surface area contributed by atoms with Crippen molar-refractivity contribution in [1.29, 1.82) is 0 Å². The van der Waals surface area contributed by atoms with Crippen molar-refractivity contribution < 1.29 is 9.47 Å². The van der Waals surface area contributed by atoms with Crippen molar-refractivity contribution in [2.45, 2.75) is 6.92 Å². The van der Waals surface area contributed by atoms with Crippen molar-refractivity contribution >= 4 is 43.8 Å². The second-order valence-electron chi connectivity index (χ2n) is 4.17. The summed E-state index contributed by atoms with van der Waals surface area (Å²) in [5.41, 5.74) is 1.67. The number of para-hydroxylation sites is 2. The molecule has 0 aliphatic heterocycles. The number of benzene rings is 2. The Balaban J connectivity index is 2.40. The monoisotopic (exact) mass is 411 g/mol. The molecule has 0 aliphatic carbocycles. The summed E-state index contributed by atoms with van der Waals surface area (Å²) in [6.45, 7) is 2.55. The van der Waals surface area contributed by atoms with E-state index < -0.39 is 0 Å². The van der Waals surface area contributed by atoms with E-state index >= 15 is 0 Å². The molecule has 3 nitrogen and oxygen atoms in total. The number of halogens is 2. The van der Waals surface area contributed by atoms with Gasteiger partial charge in [0.15, 0.2) is 0 Å². The highest BCUT2D eigenvalue weighted by atomic mass is 79.9. The highest BCUT2D eigenvalue weighted by molar-refractivity contribution is 9.11. The Hall–Kier alpha value is -1.33. The third-order valence-corrected chi connectivity index (χ3v) is 3.80. The highest BCUT2D eigenvalue weighted by Crippen LogP contribution is 2.33. The fourth-order valence-corrected chi connectivity index (χ4v) is 3.22.